The predicted molar refractivity (Wildman–Crippen MR) is 136 cm³/mol. The van der Waals surface area contributed by atoms with Gasteiger partial charge in [0.25, 0.3) is 0 Å². The summed E-state index contributed by atoms with van der Waals surface area (Å²) < 4.78 is 3.26. The molecule has 0 bridgehead atoms. The first-order chi connectivity index (χ1) is 15.5. The molecule has 3 heterocycles. The molecule has 0 amide bonds. The molecule has 0 aliphatic carbocycles. The molecule has 0 atom stereocenters. The number of aromatic nitrogens is 2. The van der Waals surface area contributed by atoms with Gasteiger partial charge in [0.05, 0.1) is 0 Å². The van der Waals surface area contributed by atoms with E-state index in [-0.39, 0.29) is 5.56 Å². The molecular formula is C23H17ClIN5O2. The summed E-state index contributed by atoms with van der Waals surface area (Å²) in [4.78, 5) is 32.0. The van der Waals surface area contributed by atoms with Crippen molar-refractivity contribution in [2.45, 2.75) is 6.54 Å². The zero-order chi connectivity index (χ0) is 22.2. The second-order valence-corrected chi connectivity index (χ2v) is 12.3. The fourth-order valence-electron chi connectivity index (χ4n) is 3.50. The van der Waals surface area contributed by atoms with E-state index in [1.54, 1.807) is 18.3 Å². The number of carboxylic acid groups (broad SMARTS) is 1. The molecule has 7 nitrogen and oxygen atoms in total. The quantitative estimate of drug-likeness (QED) is 0.323. The van der Waals surface area contributed by atoms with Gasteiger partial charge in [0, 0.05) is 0 Å². The first kappa shape index (κ1) is 20.8. The van der Waals surface area contributed by atoms with E-state index in [9.17, 15) is 4.79 Å². The Hall–Kier alpha value is -3.11. The standard InChI is InChI=1S/C23H17ClIN5O2/c1-25-8-9-26-21(25)20-18-10-15(24)4-7-17(18)19-14(11-27-20)12-28-23(30-19)29-16-5-2-13(3-6-16)22(31)32/h2-10,12H,11H2,1H3,(H,31,32)(H,28,29,30). The monoisotopic (exact) mass is 557 g/mol. The van der Waals surface area contributed by atoms with Crippen LogP contribution in [-0.4, -0.2) is 35.4 Å². The van der Waals surface area contributed by atoms with Crippen LogP contribution >= 0.6 is 31.4 Å². The van der Waals surface area contributed by atoms with Crippen molar-refractivity contribution in [2.24, 2.45) is 9.98 Å². The number of nitrogens with one attached hydrogen (secondary N) is 1. The van der Waals surface area contributed by atoms with Crippen LogP contribution in [0.5, 0.6) is 0 Å². The number of carboxylic acids is 1. The van der Waals surface area contributed by atoms with E-state index < -0.39 is 25.8 Å². The molecule has 0 fully saturated rings. The Labute approximate surface area is 196 Å². The van der Waals surface area contributed by atoms with E-state index in [0.717, 1.165) is 31.8 Å². The summed E-state index contributed by atoms with van der Waals surface area (Å²) in [6, 6.07) is 12.2. The maximum atomic E-state index is 11.1. The zero-order valence-electron chi connectivity index (χ0n) is 16.9. The summed E-state index contributed by atoms with van der Waals surface area (Å²) in [7, 11) is 0. The van der Waals surface area contributed by atoms with Crippen LogP contribution in [0.25, 0.3) is 11.3 Å². The molecule has 2 aliphatic rings. The normalized spacial score (nSPS) is 15.4. The molecule has 1 aromatic heterocycles. The molecule has 0 radical (unpaired) electrons. The number of halogens is 2. The molecule has 2 aromatic carbocycles. The van der Waals surface area contributed by atoms with Crippen LogP contribution in [0.2, 0.25) is 5.02 Å². The first-order valence-electron chi connectivity index (χ1n) is 9.64. The molecule has 3 aromatic rings. The minimum atomic E-state index is -1.48. The van der Waals surface area contributed by atoms with Gasteiger partial charge < -0.3 is 5.11 Å². The Morgan fingerprint density at radius 1 is 1.16 bits per heavy atom. The van der Waals surface area contributed by atoms with Crippen molar-refractivity contribution >= 4 is 58.5 Å². The van der Waals surface area contributed by atoms with Gasteiger partial charge in [0.15, 0.2) is 0 Å². The molecule has 5 rings (SSSR count). The molecule has 0 unspecified atom stereocenters. The van der Waals surface area contributed by atoms with Crippen molar-refractivity contribution in [3.8, 4) is 11.3 Å². The Balaban J connectivity index is 1.54. The number of benzene rings is 2. The maximum absolute atomic E-state index is 11.1. The average molecular weight is 558 g/mol. The topological polar surface area (TPSA) is 99.8 Å². The van der Waals surface area contributed by atoms with Crippen molar-refractivity contribution in [1.82, 2.24) is 9.97 Å². The van der Waals surface area contributed by atoms with Crippen LogP contribution in [0.3, 0.4) is 0 Å². The molecule has 32 heavy (non-hydrogen) atoms. The number of aromatic carboxylic acids is 1. The van der Waals surface area contributed by atoms with E-state index in [1.807, 2.05) is 24.4 Å². The van der Waals surface area contributed by atoms with Crippen molar-refractivity contribution in [2.75, 3.05) is 10.2 Å². The van der Waals surface area contributed by atoms with Gasteiger partial charge >= 0.3 is 187 Å². The average Bonchev–Trinajstić information content (AvgIpc) is 3.14. The fraction of sp³-hybridized carbons (Fsp3) is 0.0870. The van der Waals surface area contributed by atoms with Crippen molar-refractivity contribution in [3.63, 3.8) is 0 Å². The minimum absolute atomic E-state index is 0.219. The van der Waals surface area contributed by atoms with Gasteiger partial charge in [-0.15, -0.1) is 0 Å². The SMILES string of the molecule is CI1C=CN=C1C1=NCc2cnc(Nc3ccc(C(=O)O)cc3)nc2-c2ccc(Cl)cc21. The van der Waals surface area contributed by atoms with Crippen molar-refractivity contribution in [3.05, 3.63) is 80.7 Å². The Kier molecular flexibility index (Phi) is 5.48. The van der Waals surface area contributed by atoms with Crippen molar-refractivity contribution < 1.29 is 9.90 Å². The van der Waals surface area contributed by atoms with Crippen LogP contribution < -0.4 is 5.32 Å². The third kappa shape index (κ3) is 3.91. The number of rotatable bonds is 4. The molecule has 0 saturated heterocycles. The Morgan fingerprint density at radius 2 is 1.97 bits per heavy atom. The zero-order valence-corrected chi connectivity index (χ0v) is 19.8. The number of nitrogens with zero attached hydrogens (tertiary/aromatic N) is 4. The summed E-state index contributed by atoms with van der Waals surface area (Å²) in [5, 5.41) is 12.9. The summed E-state index contributed by atoms with van der Waals surface area (Å²) in [6.07, 6.45) is 3.65. The number of anilines is 2. The van der Waals surface area contributed by atoms with Gasteiger partial charge in [-0.05, 0) is 0 Å². The number of alkyl halides is 1. The second-order valence-electron chi connectivity index (χ2n) is 7.14. The molecular weight excluding hydrogens is 541 g/mol. The summed E-state index contributed by atoms with van der Waals surface area (Å²) in [6.45, 7) is 0.452. The van der Waals surface area contributed by atoms with Crippen LogP contribution in [0.15, 0.2) is 68.9 Å². The summed E-state index contributed by atoms with van der Waals surface area (Å²) in [5.41, 5.74) is 5.37. The molecule has 9 heteroatoms. The van der Waals surface area contributed by atoms with Gasteiger partial charge in [0.1, 0.15) is 0 Å². The molecule has 0 saturated carbocycles. The van der Waals surface area contributed by atoms with E-state index in [0.29, 0.717) is 23.2 Å². The molecule has 2 aliphatic heterocycles. The van der Waals surface area contributed by atoms with Crippen LogP contribution in [0.1, 0.15) is 21.5 Å². The summed E-state index contributed by atoms with van der Waals surface area (Å²) >= 11 is 4.88. The van der Waals surface area contributed by atoms with Gasteiger partial charge in [-0.25, -0.2) is 4.79 Å². The van der Waals surface area contributed by atoms with Crippen LogP contribution in [0.4, 0.5) is 11.6 Å². The van der Waals surface area contributed by atoms with Gasteiger partial charge in [0.2, 0.25) is 0 Å². The Morgan fingerprint density at radius 3 is 2.69 bits per heavy atom. The van der Waals surface area contributed by atoms with E-state index in [4.69, 9.17) is 26.7 Å². The van der Waals surface area contributed by atoms with E-state index >= 15 is 0 Å². The first-order valence-corrected chi connectivity index (χ1v) is 14.5. The van der Waals surface area contributed by atoms with Gasteiger partial charge in [-0.1, -0.05) is 0 Å². The number of carbonyl (C=O) groups is 1. The number of hydrogen-bond donors (Lipinski definition) is 2. The predicted octanol–water partition coefficient (Wildman–Crippen LogP) is 5.56. The number of hydrogen-bond acceptors (Lipinski definition) is 6. The molecule has 2 N–H and O–H groups in total. The third-order valence-electron chi connectivity index (χ3n) is 5.06. The van der Waals surface area contributed by atoms with Gasteiger partial charge in [-0.3, -0.25) is 0 Å². The summed E-state index contributed by atoms with van der Waals surface area (Å²) in [5.74, 6) is -0.552. The second kappa shape index (κ2) is 8.44. The van der Waals surface area contributed by atoms with Crippen LogP contribution in [0, 0.1) is 0 Å². The number of aliphatic imine (C=N–C) groups is 2. The molecule has 0 spiro atoms. The molecule has 160 valence electrons. The fourth-order valence-corrected chi connectivity index (χ4v) is 6.53. The van der Waals surface area contributed by atoms with E-state index in [2.05, 4.69) is 24.3 Å². The van der Waals surface area contributed by atoms with Gasteiger partial charge in [-0.2, -0.15) is 0 Å². The Bertz CT molecular complexity index is 1330. The third-order valence-corrected chi connectivity index (χ3v) is 9.10. The van der Waals surface area contributed by atoms with E-state index in [1.165, 1.54) is 12.1 Å². The van der Waals surface area contributed by atoms with Crippen LogP contribution in [-0.2, 0) is 6.54 Å². The number of fused-ring (bicyclic) bond motifs is 3. The van der Waals surface area contributed by atoms with Crippen molar-refractivity contribution in [1.29, 1.82) is 0 Å².